The number of rotatable bonds is 6. The van der Waals surface area contributed by atoms with Crippen LogP contribution in [-0.4, -0.2) is 34.7 Å². The number of ether oxygens (including phenoxy) is 1. The molecule has 0 aliphatic rings. The summed E-state index contributed by atoms with van der Waals surface area (Å²) in [6.07, 6.45) is 4.28. The van der Waals surface area contributed by atoms with Crippen molar-refractivity contribution in [2.24, 2.45) is 0 Å². The SMILES string of the molecule is CO/C(=C/Nc1ccncc1)C(=O)C(=N)C(=O)O. The van der Waals surface area contributed by atoms with Crippen LogP contribution in [0, 0.1) is 5.41 Å². The molecule has 0 unspecified atom stereocenters. The summed E-state index contributed by atoms with van der Waals surface area (Å²) in [7, 11) is 1.22. The van der Waals surface area contributed by atoms with Crippen LogP contribution >= 0.6 is 0 Å². The Morgan fingerprint density at radius 1 is 1.44 bits per heavy atom. The predicted molar refractivity (Wildman–Crippen MR) is 63.3 cm³/mol. The molecule has 0 radical (unpaired) electrons. The minimum absolute atomic E-state index is 0.265. The first-order valence-corrected chi connectivity index (χ1v) is 4.83. The number of Topliss-reactive ketones (excluding diaryl/α,β-unsaturated/α-hetero) is 1. The number of carbonyl (C=O) groups is 2. The molecule has 0 amide bonds. The standard InChI is InChI=1S/C11H11N3O4/c1-18-8(10(15)9(12)11(16)17)6-14-7-2-4-13-5-3-7/h2-6,12H,1H3,(H,13,14)(H,16,17)/b8-6+,12-9?. The van der Waals surface area contributed by atoms with Crippen molar-refractivity contribution in [2.75, 3.05) is 12.4 Å². The monoisotopic (exact) mass is 249 g/mol. The van der Waals surface area contributed by atoms with Crippen LogP contribution in [0.1, 0.15) is 0 Å². The third-order valence-electron chi connectivity index (χ3n) is 1.93. The lowest BCUT2D eigenvalue weighted by Gasteiger charge is -2.05. The van der Waals surface area contributed by atoms with Crippen LogP contribution in [0.25, 0.3) is 0 Å². The summed E-state index contributed by atoms with van der Waals surface area (Å²) in [5.41, 5.74) is -0.408. The Kier molecular flexibility index (Phi) is 4.56. The number of pyridine rings is 1. The number of methoxy groups -OCH3 is 1. The van der Waals surface area contributed by atoms with Crippen LogP contribution < -0.4 is 5.32 Å². The van der Waals surface area contributed by atoms with Gasteiger partial charge in [-0.3, -0.25) is 15.2 Å². The van der Waals surface area contributed by atoms with E-state index in [0.717, 1.165) is 0 Å². The fourth-order valence-electron chi connectivity index (χ4n) is 1.03. The molecule has 0 aromatic carbocycles. The summed E-state index contributed by atoms with van der Waals surface area (Å²) in [6.45, 7) is 0. The topological polar surface area (TPSA) is 112 Å². The lowest BCUT2D eigenvalue weighted by atomic mass is 10.2. The van der Waals surface area contributed by atoms with E-state index in [1.165, 1.54) is 13.3 Å². The van der Waals surface area contributed by atoms with Gasteiger partial charge in [0.25, 0.3) is 5.78 Å². The van der Waals surface area contributed by atoms with E-state index in [-0.39, 0.29) is 5.76 Å². The molecule has 1 aromatic rings. The normalized spacial score (nSPS) is 10.6. The van der Waals surface area contributed by atoms with Crippen molar-refractivity contribution in [3.8, 4) is 0 Å². The van der Waals surface area contributed by atoms with Gasteiger partial charge in [-0.15, -0.1) is 0 Å². The highest BCUT2D eigenvalue weighted by Crippen LogP contribution is 2.06. The van der Waals surface area contributed by atoms with Gasteiger partial charge in [-0.2, -0.15) is 0 Å². The van der Waals surface area contributed by atoms with E-state index in [4.69, 9.17) is 15.3 Å². The zero-order valence-corrected chi connectivity index (χ0v) is 9.51. The second-order valence-corrected chi connectivity index (χ2v) is 3.10. The molecule has 0 aliphatic carbocycles. The average molecular weight is 249 g/mol. The van der Waals surface area contributed by atoms with E-state index in [9.17, 15) is 9.59 Å². The van der Waals surface area contributed by atoms with Crippen molar-refractivity contribution in [2.45, 2.75) is 0 Å². The Bertz CT molecular complexity index is 496. The molecule has 1 heterocycles. The Hall–Kier alpha value is -2.70. The Balaban J connectivity index is 2.81. The molecule has 0 saturated carbocycles. The number of allylic oxidation sites excluding steroid dienone is 1. The molecule has 1 aromatic heterocycles. The van der Waals surface area contributed by atoms with E-state index in [1.54, 1.807) is 24.5 Å². The highest BCUT2D eigenvalue weighted by molar-refractivity contribution is 6.65. The fraction of sp³-hybridized carbons (Fsp3) is 0.0909. The predicted octanol–water partition coefficient (Wildman–Crippen LogP) is 0.655. The van der Waals surface area contributed by atoms with Crippen LogP contribution in [-0.2, 0) is 14.3 Å². The van der Waals surface area contributed by atoms with E-state index in [1.807, 2.05) is 0 Å². The number of hydrogen-bond acceptors (Lipinski definition) is 6. The molecule has 1 rings (SSSR count). The summed E-state index contributed by atoms with van der Waals surface area (Å²) in [5.74, 6) is -2.88. The molecular weight excluding hydrogens is 238 g/mol. The number of carboxylic acids is 1. The molecule has 0 bridgehead atoms. The van der Waals surface area contributed by atoms with Crippen LogP contribution in [0.4, 0.5) is 5.69 Å². The second kappa shape index (κ2) is 6.14. The van der Waals surface area contributed by atoms with Gasteiger partial charge in [-0.25, -0.2) is 4.79 Å². The minimum atomic E-state index is -1.60. The van der Waals surface area contributed by atoms with Gasteiger partial charge in [0.1, 0.15) is 0 Å². The summed E-state index contributed by atoms with van der Waals surface area (Å²) in [4.78, 5) is 25.8. The van der Waals surface area contributed by atoms with E-state index in [2.05, 4.69) is 10.3 Å². The van der Waals surface area contributed by atoms with E-state index in [0.29, 0.717) is 5.69 Å². The number of ketones is 1. The molecule has 0 atom stereocenters. The summed E-state index contributed by atoms with van der Waals surface area (Å²) >= 11 is 0. The number of carboxylic acid groups (broad SMARTS) is 1. The molecule has 94 valence electrons. The molecule has 18 heavy (non-hydrogen) atoms. The van der Waals surface area contributed by atoms with Gasteiger partial charge in [-0.05, 0) is 12.1 Å². The molecule has 0 saturated heterocycles. The van der Waals surface area contributed by atoms with Crippen molar-refractivity contribution in [1.82, 2.24) is 4.98 Å². The largest absolute Gasteiger partial charge is 0.491 e. The Morgan fingerprint density at radius 2 is 2.06 bits per heavy atom. The minimum Gasteiger partial charge on any atom is -0.491 e. The summed E-state index contributed by atoms with van der Waals surface area (Å²) in [5, 5.41) is 18.3. The highest BCUT2D eigenvalue weighted by atomic mass is 16.5. The smallest absolute Gasteiger partial charge is 0.358 e. The van der Waals surface area contributed by atoms with Gasteiger partial charge in [-0.1, -0.05) is 0 Å². The highest BCUT2D eigenvalue weighted by Gasteiger charge is 2.22. The number of carbonyl (C=O) groups excluding carboxylic acids is 1. The molecule has 7 heteroatoms. The number of aliphatic carboxylic acids is 1. The first kappa shape index (κ1) is 13.4. The average Bonchev–Trinajstić information content (AvgIpc) is 2.39. The zero-order valence-electron chi connectivity index (χ0n) is 9.51. The maximum atomic E-state index is 11.5. The first-order valence-electron chi connectivity index (χ1n) is 4.83. The number of nitrogens with zero attached hydrogens (tertiary/aromatic N) is 1. The Morgan fingerprint density at radius 3 is 2.56 bits per heavy atom. The van der Waals surface area contributed by atoms with Crippen molar-refractivity contribution in [1.29, 1.82) is 5.41 Å². The van der Waals surface area contributed by atoms with Crippen molar-refractivity contribution in [3.63, 3.8) is 0 Å². The zero-order chi connectivity index (χ0) is 13.5. The molecular formula is C11H11N3O4. The van der Waals surface area contributed by atoms with Gasteiger partial charge in [0.2, 0.25) is 0 Å². The maximum absolute atomic E-state index is 11.5. The van der Waals surface area contributed by atoms with Crippen LogP contribution in [0.2, 0.25) is 0 Å². The van der Waals surface area contributed by atoms with Crippen molar-refractivity contribution < 1.29 is 19.4 Å². The first-order chi connectivity index (χ1) is 8.56. The van der Waals surface area contributed by atoms with Gasteiger partial charge >= 0.3 is 5.97 Å². The fourth-order valence-corrected chi connectivity index (χ4v) is 1.03. The third-order valence-corrected chi connectivity index (χ3v) is 1.93. The second-order valence-electron chi connectivity index (χ2n) is 3.10. The quantitative estimate of drug-likeness (QED) is 0.295. The molecule has 0 spiro atoms. The lowest BCUT2D eigenvalue weighted by molar-refractivity contribution is -0.130. The number of hydrogen-bond donors (Lipinski definition) is 3. The maximum Gasteiger partial charge on any atom is 0.358 e. The third kappa shape index (κ3) is 3.41. The molecule has 0 aliphatic heterocycles. The van der Waals surface area contributed by atoms with Gasteiger partial charge < -0.3 is 15.2 Å². The number of aromatic nitrogens is 1. The summed E-state index contributed by atoms with van der Waals surface area (Å²) in [6, 6.07) is 3.30. The number of nitrogens with one attached hydrogen (secondary N) is 2. The molecule has 0 fully saturated rings. The van der Waals surface area contributed by atoms with Gasteiger partial charge in [0.05, 0.1) is 7.11 Å². The lowest BCUT2D eigenvalue weighted by Crippen LogP contribution is -2.25. The van der Waals surface area contributed by atoms with Crippen LogP contribution in [0.3, 0.4) is 0 Å². The van der Waals surface area contributed by atoms with Gasteiger partial charge in [0, 0.05) is 24.3 Å². The van der Waals surface area contributed by atoms with Gasteiger partial charge in [0.15, 0.2) is 11.5 Å². The van der Waals surface area contributed by atoms with Crippen molar-refractivity contribution >= 4 is 23.2 Å². The number of anilines is 1. The van der Waals surface area contributed by atoms with Crippen LogP contribution in [0.5, 0.6) is 0 Å². The van der Waals surface area contributed by atoms with Crippen molar-refractivity contribution in [3.05, 3.63) is 36.5 Å². The van der Waals surface area contributed by atoms with E-state index >= 15 is 0 Å². The Labute approximate surface area is 103 Å². The molecule has 3 N–H and O–H groups in total. The van der Waals surface area contributed by atoms with E-state index < -0.39 is 17.5 Å². The van der Waals surface area contributed by atoms with Crippen LogP contribution in [0.15, 0.2) is 36.5 Å². The molecule has 7 nitrogen and oxygen atoms in total. The summed E-state index contributed by atoms with van der Waals surface area (Å²) < 4.78 is 4.73.